The quantitative estimate of drug-likeness (QED) is 0.112. The summed E-state index contributed by atoms with van der Waals surface area (Å²) in [6.45, 7) is 6.95. The first-order valence-corrected chi connectivity index (χ1v) is 30.5. The fourth-order valence-corrected chi connectivity index (χ4v) is 22.1. The summed E-state index contributed by atoms with van der Waals surface area (Å²) in [5.74, 6) is 8.02. The molecule has 0 amide bonds. The highest BCUT2D eigenvalue weighted by molar-refractivity contribution is 7.69. The highest BCUT2D eigenvalue weighted by Gasteiger charge is 2.59. The molecular weight excluding hydrogens is 952 g/mol. The number of anilines is 2. The number of benzene rings is 7. The van der Waals surface area contributed by atoms with Crippen LogP contribution in [0.4, 0.5) is 11.4 Å². The van der Waals surface area contributed by atoms with Crippen LogP contribution < -0.4 is 29.1 Å². The van der Waals surface area contributed by atoms with Crippen molar-refractivity contribution < 1.29 is 18.6 Å². The highest BCUT2D eigenvalue weighted by atomic mass is 31.2. The Morgan fingerprint density at radius 3 is 1.51 bits per heavy atom. The molecule has 18 rings (SSSR count). The van der Waals surface area contributed by atoms with Crippen LogP contribution >= 0.6 is 7.37 Å². The van der Waals surface area contributed by atoms with Crippen molar-refractivity contribution in [2.45, 2.75) is 120 Å². The molecule has 2 unspecified atom stereocenters. The monoisotopic (exact) mass is 1020 g/mol. The van der Waals surface area contributed by atoms with Crippen LogP contribution in [0.3, 0.4) is 0 Å². The van der Waals surface area contributed by atoms with Crippen molar-refractivity contribution in [3.63, 3.8) is 0 Å². The maximum Gasteiger partial charge on any atom is 0.296 e. The third kappa shape index (κ3) is 6.87. The normalized spacial score (nSPS) is 30.8. The van der Waals surface area contributed by atoms with Crippen molar-refractivity contribution >= 4 is 24.0 Å². The van der Waals surface area contributed by atoms with Crippen LogP contribution in [0.2, 0.25) is 0 Å². The number of nitrogens with zero attached hydrogens (tertiary/aromatic N) is 2. The van der Waals surface area contributed by atoms with Crippen molar-refractivity contribution in [2.24, 2.45) is 35.5 Å². The first-order valence-electron chi connectivity index (χ1n) is 28.9. The fourth-order valence-electron chi connectivity index (χ4n) is 18.8. The van der Waals surface area contributed by atoms with Gasteiger partial charge >= 0.3 is 0 Å². The van der Waals surface area contributed by atoms with E-state index < -0.39 is 12.5 Å². The number of hydrogen-bond acceptors (Lipinski definition) is 6. The molecule has 7 aromatic carbocycles. The zero-order valence-corrected chi connectivity index (χ0v) is 45.1. The predicted octanol–water partition coefficient (Wildman–Crippen LogP) is 15.9. The summed E-state index contributed by atoms with van der Waals surface area (Å²) in [5.41, 5.74) is 15.4. The first-order chi connectivity index (χ1) is 37.1. The molecule has 0 saturated heterocycles. The molecule has 8 fully saturated rings. The summed E-state index contributed by atoms with van der Waals surface area (Å²) in [6.07, 6.45) is 16.8. The molecule has 7 heteroatoms. The van der Waals surface area contributed by atoms with Gasteiger partial charge in [-0.1, -0.05) is 103 Å². The third-order valence-electron chi connectivity index (χ3n) is 21.0. The second kappa shape index (κ2) is 16.9. The van der Waals surface area contributed by atoms with E-state index in [2.05, 4.69) is 145 Å². The maximum absolute atomic E-state index is 17.6. The van der Waals surface area contributed by atoms with Gasteiger partial charge in [-0.3, -0.25) is 4.57 Å². The lowest BCUT2D eigenvalue weighted by molar-refractivity contribution is -0.00538. The third-order valence-corrected chi connectivity index (χ3v) is 24.2. The average molecular weight is 1020 g/mol. The SMILES string of the molecule is Cc1cc(C(c2ccccc2)(c2ccc(N3COc4ccc(C56CC7CC(CC(C7)C5)C6)cc4C3)cc2)P2(=O)Oc3ccccc3-c3ccccc32)cc(C)c1N1COc2ccc(C34CC5CC(CC(C5)C3)C4)cc2C1. The van der Waals surface area contributed by atoms with E-state index >= 15 is 4.57 Å². The molecule has 8 aliphatic carbocycles. The highest BCUT2D eigenvalue weighted by Crippen LogP contribution is 2.72. The molecule has 6 nitrogen and oxygen atoms in total. The first kappa shape index (κ1) is 45.9. The van der Waals surface area contributed by atoms with Crippen molar-refractivity contribution in [1.82, 2.24) is 0 Å². The molecule has 0 N–H and O–H groups in total. The fraction of sp³-hybridized carbons (Fsp3) is 0.391. The summed E-state index contributed by atoms with van der Waals surface area (Å²) < 4.78 is 38.1. The topological polar surface area (TPSA) is 51.2 Å². The zero-order chi connectivity index (χ0) is 50.5. The van der Waals surface area contributed by atoms with Crippen LogP contribution in [-0.2, 0) is 33.6 Å². The number of ether oxygens (including phenoxy) is 2. The van der Waals surface area contributed by atoms with Gasteiger partial charge in [0.1, 0.15) is 22.4 Å². The Morgan fingerprint density at radius 2 is 0.947 bits per heavy atom. The lowest BCUT2D eigenvalue weighted by Gasteiger charge is -2.57. The summed E-state index contributed by atoms with van der Waals surface area (Å²) in [6, 6.07) is 54.8. The van der Waals surface area contributed by atoms with Gasteiger partial charge in [0.25, 0.3) is 7.37 Å². The molecule has 0 radical (unpaired) electrons. The zero-order valence-electron chi connectivity index (χ0n) is 44.2. The van der Waals surface area contributed by atoms with E-state index in [9.17, 15) is 0 Å². The van der Waals surface area contributed by atoms with E-state index in [1.54, 1.807) is 0 Å². The standard InChI is InChI=1S/C69H69N2O4P/c1-44-24-58(25-45(2)66(44)71-41-53-33-57(19-23-63(53)74-43-71)68-37-49-29-50(38-68)31-51(30-49)39-68)69(54-10-4-3-5-11-54,76(72)65-15-9-7-13-61(65)60-12-6-8-14-64(60)75-76)55-16-20-59(21-17-55)70-40-52-32-56(18-22-62(52)73-42-70)67-34-46-26-47(35-67)28-48(27-46)36-67/h3-25,32-33,46-51H,26-31,34-43H2,1-2H3. The van der Waals surface area contributed by atoms with E-state index in [0.29, 0.717) is 30.0 Å². The van der Waals surface area contributed by atoms with Gasteiger partial charge in [-0.25, -0.2) is 0 Å². The van der Waals surface area contributed by atoms with Gasteiger partial charge in [-0.15, -0.1) is 0 Å². The second-order valence-corrected chi connectivity index (χ2v) is 28.2. The molecule has 384 valence electrons. The molecule has 7 aromatic rings. The molecule has 8 saturated carbocycles. The van der Waals surface area contributed by atoms with Crippen LogP contribution in [0, 0.1) is 49.4 Å². The van der Waals surface area contributed by atoms with E-state index in [-0.39, 0.29) is 0 Å². The summed E-state index contributed by atoms with van der Waals surface area (Å²) in [7, 11) is -4.00. The largest absolute Gasteiger partial charge is 0.473 e. The Hall–Kier alpha value is -6.23. The molecule has 11 aliphatic rings. The van der Waals surface area contributed by atoms with Crippen molar-refractivity contribution in [1.29, 1.82) is 0 Å². The molecule has 0 aromatic heterocycles. The van der Waals surface area contributed by atoms with Gasteiger partial charge in [0, 0.05) is 41.2 Å². The van der Waals surface area contributed by atoms with Gasteiger partial charge in [0.2, 0.25) is 0 Å². The molecule has 0 spiro atoms. The van der Waals surface area contributed by atoms with Gasteiger partial charge in [-0.2, -0.15) is 0 Å². The minimum atomic E-state index is -4.00. The summed E-state index contributed by atoms with van der Waals surface area (Å²) >= 11 is 0. The lowest BCUT2D eigenvalue weighted by atomic mass is 9.48. The number of rotatable bonds is 8. The Bertz CT molecular complexity index is 3440. The van der Waals surface area contributed by atoms with Crippen molar-refractivity contribution in [3.05, 3.63) is 202 Å². The van der Waals surface area contributed by atoms with Crippen molar-refractivity contribution in [3.8, 4) is 28.4 Å². The van der Waals surface area contributed by atoms with Gasteiger partial charge < -0.3 is 23.8 Å². The second-order valence-electron chi connectivity index (χ2n) is 25.7. The van der Waals surface area contributed by atoms with Crippen LogP contribution in [0.25, 0.3) is 11.1 Å². The van der Waals surface area contributed by atoms with Gasteiger partial charge in [-0.05, 0) is 230 Å². The van der Waals surface area contributed by atoms with E-state index in [0.717, 1.165) is 116 Å². The lowest BCUT2D eigenvalue weighted by Crippen LogP contribution is -2.48. The van der Waals surface area contributed by atoms with Gasteiger partial charge in [0.05, 0.1) is 5.30 Å². The maximum atomic E-state index is 17.6. The number of fused-ring (bicyclic) bond motifs is 5. The van der Waals surface area contributed by atoms with Crippen LogP contribution in [0.15, 0.2) is 152 Å². The Balaban J connectivity index is 0.798. The number of aryl methyl sites for hydroxylation is 2. The van der Waals surface area contributed by atoms with E-state index in [1.807, 2.05) is 30.3 Å². The van der Waals surface area contributed by atoms with Crippen LogP contribution in [-0.4, -0.2) is 13.5 Å². The smallest absolute Gasteiger partial charge is 0.296 e. The predicted molar refractivity (Wildman–Crippen MR) is 304 cm³/mol. The molecule has 8 bridgehead atoms. The Labute approximate surface area is 449 Å². The molecule has 3 heterocycles. The molecule has 76 heavy (non-hydrogen) atoms. The summed E-state index contributed by atoms with van der Waals surface area (Å²) in [5, 5.41) is -0.535. The minimum Gasteiger partial charge on any atom is -0.473 e. The molecule has 3 aliphatic heterocycles. The van der Waals surface area contributed by atoms with Gasteiger partial charge in [0.15, 0.2) is 13.5 Å². The van der Waals surface area contributed by atoms with Crippen molar-refractivity contribution in [2.75, 3.05) is 23.3 Å². The molecular formula is C69H69N2O4P. The summed E-state index contributed by atoms with van der Waals surface area (Å²) in [4.78, 5) is 4.79. The number of hydrogen-bond donors (Lipinski definition) is 0. The Kier molecular flexibility index (Phi) is 10.2. The van der Waals surface area contributed by atoms with Crippen LogP contribution in [0.5, 0.6) is 17.2 Å². The minimum absolute atomic E-state index is 0.320. The van der Waals surface area contributed by atoms with Crippen LogP contribution in [0.1, 0.15) is 127 Å². The Morgan fingerprint density at radius 1 is 0.474 bits per heavy atom. The number of para-hydroxylation sites is 1. The van der Waals surface area contributed by atoms with E-state index in [4.69, 9.17) is 14.0 Å². The molecule has 2 atom stereocenters. The average Bonchev–Trinajstić information content (AvgIpc) is 3.62. The van der Waals surface area contributed by atoms with E-state index in [1.165, 1.54) is 99.3 Å².